The number of carbonyl (C=O) groups is 1. The first-order valence-corrected chi connectivity index (χ1v) is 6.31. The van der Waals surface area contributed by atoms with Gasteiger partial charge in [-0.1, -0.05) is 13.8 Å². The van der Waals surface area contributed by atoms with Crippen LogP contribution in [0.3, 0.4) is 0 Å². The van der Waals surface area contributed by atoms with Crippen LogP contribution in [0.1, 0.15) is 40.5 Å². The Balaban J connectivity index is 4.15. The standard InChI is InChI=1S/C12H27N3O/c1-5-10(3)14-12(16)11(4)15(6-2)9-7-8-13/h10-11H,5-9,13H2,1-4H3,(H,14,16). The molecule has 0 radical (unpaired) electrons. The van der Waals surface area contributed by atoms with E-state index in [9.17, 15) is 4.79 Å². The fourth-order valence-electron chi connectivity index (χ4n) is 1.55. The SMILES string of the molecule is CCC(C)NC(=O)C(C)N(CC)CCCN. The average molecular weight is 229 g/mol. The van der Waals surface area contributed by atoms with Crippen LogP contribution in [0.2, 0.25) is 0 Å². The number of nitrogens with two attached hydrogens (primary N) is 1. The smallest absolute Gasteiger partial charge is 0.237 e. The van der Waals surface area contributed by atoms with Gasteiger partial charge in [-0.15, -0.1) is 0 Å². The Kier molecular flexibility index (Phi) is 8.21. The lowest BCUT2D eigenvalue weighted by atomic mass is 10.2. The zero-order valence-corrected chi connectivity index (χ0v) is 11.1. The molecule has 0 fully saturated rings. The van der Waals surface area contributed by atoms with Crippen LogP contribution in [0.25, 0.3) is 0 Å². The predicted molar refractivity (Wildman–Crippen MR) is 68.3 cm³/mol. The maximum absolute atomic E-state index is 11.9. The Labute approximate surface area is 99.6 Å². The van der Waals surface area contributed by atoms with Crippen LogP contribution in [0.4, 0.5) is 0 Å². The average Bonchev–Trinajstić information content (AvgIpc) is 2.29. The summed E-state index contributed by atoms with van der Waals surface area (Å²) in [4.78, 5) is 14.0. The summed E-state index contributed by atoms with van der Waals surface area (Å²) in [7, 11) is 0. The van der Waals surface area contributed by atoms with Gasteiger partial charge < -0.3 is 11.1 Å². The van der Waals surface area contributed by atoms with E-state index in [1.54, 1.807) is 0 Å². The molecule has 0 aromatic carbocycles. The van der Waals surface area contributed by atoms with Gasteiger partial charge in [0, 0.05) is 12.6 Å². The number of carbonyl (C=O) groups excluding carboxylic acids is 1. The van der Waals surface area contributed by atoms with E-state index in [1.807, 2.05) is 13.8 Å². The summed E-state index contributed by atoms with van der Waals surface area (Å²) in [6.45, 7) is 10.6. The van der Waals surface area contributed by atoms with Gasteiger partial charge in [-0.05, 0) is 39.8 Å². The van der Waals surface area contributed by atoms with Crippen molar-refractivity contribution in [3.63, 3.8) is 0 Å². The minimum Gasteiger partial charge on any atom is -0.352 e. The molecule has 4 heteroatoms. The summed E-state index contributed by atoms with van der Waals surface area (Å²) in [6, 6.07) is 0.189. The lowest BCUT2D eigenvalue weighted by Gasteiger charge is -2.27. The van der Waals surface area contributed by atoms with E-state index in [1.165, 1.54) is 0 Å². The molecule has 1 amide bonds. The van der Waals surface area contributed by atoms with E-state index in [2.05, 4.69) is 24.1 Å². The Hall–Kier alpha value is -0.610. The monoisotopic (exact) mass is 229 g/mol. The van der Waals surface area contributed by atoms with Crippen molar-refractivity contribution < 1.29 is 4.79 Å². The van der Waals surface area contributed by atoms with Crippen LogP contribution >= 0.6 is 0 Å². The van der Waals surface area contributed by atoms with Gasteiger partial charge in [-0.2, -0.15) is 0 Å². The molecule has 2 unspecified atom stereocenters. The largest absolute Gasteiger partial charge is 0.352 e. The summed E-state index contributed by atoms with van der Waals surface area (Å²) in [5, 5.41) is 3.01. The van der Waals surface area contributed by atoms with Crippen molar-refractivity contribution in [3.8, 4) is 0 Å². The number of hydrogen-bond acceptors (Lipinski definition) is 3. The van der Waals surface area contributed by atoms with E-state index in [0.717, 1.165) is 25.9 Å². The molecule has 0 aromatic heterocycles. The number of nitrogens with zero attached hydrogens (tertiary/aromatic N) is 1. The van der Waals surface area contributed by atoms with E-state index in [4.69, 9.17) is 5.73 Å². The van der Waals surface area contributed by atoms with E-state index < -0.39 is 0 Å². The maximum Gasteiger partial charge on any atom is 0.237 e. The van der Waals surface area contributed by atoms with Crippen molar-refractivity contribution in [1.82, 2.24) is 10.2 Å². The summed E-state index contributed by atoms with van der Waals surface area (Å²) >= 11 is 0. The Morgan fingerprint density at radius 1 is 1.38 bits per heavy atom. The first-order valence-electron chi connectivity index (χ1n) is 6.31. The molecule has 0 saturated heterocycles. The van der Waals surface area contributed by atoms with Crippen LogP contribution in [0.5, 0.6) is 0 Å². The van der Waals surface area contributed by atoms with Gasteiger partial charge in [0.15, 0.2) is 0 Å². The summed E-state index contributed by atoms with van der Waals surface area (Å²) < 4.78 is 0. The molecule has 0 saturated carbocycles. The minimum atomic E-state index is -0.0643. The second-order valence-electron chi connectivity index (χ2n) is 4.26. The molecule has 0 aliphatic rings. The zero-order chi connectivity index (χ0) is 12.6. The molecule has 96 valence electrons. The molecule has 0 aliphatic heterocycles. The number of likely N-dealkylation sites (N-methyl/N-ethyl adjacent to an activating group) is 1. The number of nitrogens with one attached hydrogen (secondary N) is 1. The lowest BCUT2D eigenvalue weighted by Crippen LogP contribution is -2.48. The van der Waals surface area contributed by atoms with Gasteiger partial charge in [0.1, 0.15) is 0 Å². The quantitative estimate of drug-likeness (QED) is 0.652. The predicted octanol–water partition coefficient (Wildman–Crippen LogP) is 0.960. The normalized spacial score (nSPS) is 14.9. The fraction of sp³-hybridized carbons (Fsp3) is 0.917. The van der Waals surface area contributed by atoms with Crippen LogP contribution in [-0.4, -0.2) is 42.5 Å². The van der Waals surface area contributed by atoms with Gasteiger partial charge in [0.25, 0.3) is 0 Å². The fourth-order valence-corrected chi connectivity index (χ4v) is 1.55. The third-order valence-corrected chi connectivity index (χ3v) is 2.98. The van der Waals surface area contributed by atoms with Crippen LogP contribution in [0, 0.1) is 0 Å². The molecule has 0 bridgehead atoms. The second kappa shape index (κ2) is 8.53. The topological polar surface area (TPSA) is 58.4 Å². The molecular weight excluding hydrogens is 202 g/mol. The zero-order valence-electron chi connectivity index (χ0n) is 11.1. The highest BCUT2D eigenvalue weighted by Crippen LogP contribution is 2.01. The third-order valence-electron chi connectivity index (χ3n) is 2.98. The minimum absolute atomic E-state index is 0.0643. The van der Waals surface area contributed by atoms with E-state index in [-0.39, 0.29) is 18.0 Å². The van der Waals surface area contributed by atoms with Crippen LogP contribution in [0.15, 0.2) is 0 Å². The summed E-state index contributed by atoms with van der Waals surface area (Å²) in [6.07, 6.45) is 1.90. The first-order chi connectivity index (χ1) is 7.56. The molecular formula is C12H27N3O. The van der Waals surface area contributed by atoms with Crippen molar-refractivity contribution in [2.24, 2.45) is 5.73 Å². The highest BCUT2D eigenvalue weighted by molar-refractivity contribution is 5.81. The van der Waals surface area contributed by atoms with Gasteiger partial charge in [-0.3, -0.25) is 9.69 Å². The molecule has 0 aromatic rings. The molecule has 3 N–H and O–H groups in total. The van der Waals surface area contributed by atoms with Gasteiger partial charge in [0.05, 0.1) is 6.04 Å². The molecule has 0 spiro atoms. The van der Waals surface area contributed by atoms with Gasteiger partial charge in [-0.25, -0.2) is 0 Å². The second-order valence-corrected chi connectivity index (χ2v) is 4.26. The van der Waals surface area contributed by atoms with Crippen molar-refractivity contribution in [2.75, 3.05) is 19.6 Å². The molecule has 0 rings (SSSR count). The first kappa shape index (κ1) is 15.4. The number of amides is 1. The number of rotatable bonds is 8. The van der Waals surface area contributed by atoms with Crippen molar-refractivity contribution in [1.29, 1.82) is 0 Å². The summed E-state index contributed by atoms with van der Waals surface area (Å²) in [5.74, 6) is 0.119. The maximum atomic E-state index is 11.9. The van der Waals surface area contributed by atoms with Gasteiger partial charge in [0.2, 0.25) is 5.91 Å². The Bertz CT molecular complexity index is 197. The van der Waals surface area contributed by atoms with E-state index in [0.29, 0.717) is 6.54 Å². The highest BCUT2D eigenvalue weighted by Gasteiger charge is 2.20. The molecule has 0 heterocycles. The Morgan fingerprint density at radius 2 is 2.00 bits per heavy atom. The van der Waals surface area contributed by atoms with Crippen LogP contribution < -0.4 is 11.1 Å². The van der Waals surface area contributed by atoms with E-state index >= 15 is 0 Å². The molecule has 2 atom stereocenters. The summed E-state index contributed by atoms with van der Waals surface area (Å²) in [5.41, 5.74) is 5.48. The van der Waals surface area contributed by atoms with Gasteiger partial charge >= 0.3 is 0 Å². The van der Waals surface area contributed by atoms with Crippen molar-refractivity contribution >= 4 is 5.91 Å². The molecule has 16 heavy (non-hydrogen) atoms. The molecule has 4 nitrogen and oxygen atoms in total. The van der Waals surface area contributed by atoms with Crippen molar-refractivity contribution in [3.05, 3.63) is 0 Å². The third kappa shape index (κ3) is 5.47. The molecule has 0 aliphatic carbocycles. The Morgan fingerprint density at radius 3 is 2.44 bits per heavy atom. The lowest BCUT2D eigenvalue weighted by molar-refractivity contribution is -0.126. The van der Waals surface area contributed by atoms with Crippen LogP contribution in [-0.2, 0) is 4.79 Å². The highest BCUT2D eigenvalue weighted by atomic mass is 16.2. The number of hydrogen-bond donors (Lipinski definition) is 2. The van der Waals surface area contributed by atoms with Crippen molar-refractivity contribution in [2.45, 2.75) is 52.6 Å².